The van der Waals surface area contributed by atoms with Crippen molar-refractivity contribution in [1.29, 1.82) is 0 Å². The van der Waals surface area contributed by atoms with Crippen molar-refractivity contribution in [3.05, 3.63) is 35.5 Å². The number of ether oxygens (including phenoxy) is 2. The summed E-state index contributed by atoms with van der Waals surface area (Å²) in [5.74, 6) is -0.402. The molecule has 4 aliphatic rings. The molecular formula is C28H39N5O5S. The number of fused-ring (bicyclic) bond motifs is 3. The molecule has 0 radical (unpaired) electrons. The second-order valence-electron chi connectivity index (χ2n) is 11.4. The maximum absolute atomic E-state index is 13.7. The number of rotatable bonds is 5. The van der Waals surface area contributed by atoms with E-state index in [1.54, 1.807) is 17.0 Å². The molecule has 39 heavy (non-hydrogen) atoms. The van der Waals surface area contributed by atoms with Gasteiger partial charge in [-0.3, -0.25) is 19.3 Å². The summed E-state index contributed by atoms with van der Waals surface area (Å²) in [5, 5.41) is 4.93. The summed E-state index contributed by atoms with van der Waals surface area (Å²) in [6.45, 7) is 11.9. The molecule has 212 valence electrons. The largest absolute Gasteiger partial charge is 0.378 e. The molecule has 5 heterocycles. The summed E-state index contributed by atoms with van der Waals surface area (Å²) < 4.78 is 39.9. The van der Waals surface area contributed by atoms with Gasteiger partial charge in [-0.1, -0.05) is 18.2 Å². The molecule has 3 saturated heterocycles. The Morgan fingerprint density at radius 1 is 1.00 bits per heavy atom. The normalized spacial score (nSPS) is 27.6. The maximum Gasteiger partial charge on any atom is 0.274 e. The molecule has 1 aromatic heterocycles. The van der Waals surface area contributed by atoms with Gasteiger partial charge in [-0.15, -0.1) is 0 Å². The lowest BCUT2D eigenvalue weighted by atomic mass is 10.0. The number of sulfone groups is 1. The quantitative estimate of drug-likeness (QED) is 0.551. The Bertz CT molecular complexity index is 1310. The number of likely N-dealkylation sites (tertiary alicyclic amines) is 1. The maximum atomic E-state index is 13.7. The number of nitrogens with zero attached hydrogens (tertiary/aromatic N) is 5. The van der Waals surface area contributed by atoms with E-state index in [1.165, 1.54) is 0 Å². The van der Waals surface area contributed by atoms with Crippen molar-refractivity contribution in [2.45, 2.75) is 55.6 Å². The Balaban J connectivity index is 1.30. The van der Waals surface area contributed by atoms with Crippen LogP contribution < -0.4 is 0 Å². The Morgan fingerprint density at radius 2 is 1.72 bits per heavy atom. The van der Waals surface area contributed by atoms with Gasteiger partial charge >= 0.3 is 0 Å². The Morgan fingerprint density at radius 3 is 2.49 bits per heavy atom. The molecule has 11 heteroatoms. The van der Waals surface area contributed by atoms with Gasteiger partial charge in [0.25, 0.3) is 5.91 Å². The fourth-order valence-electron chi connectivity index (χ4n) is 6.63. The number of benzene rings is 1. The van der Waals surface area contributed by atoms with Crippen LogP contribution in [0.3, 0.4) is 0 Å². The van der Waals surface area contributed by atoms with Crippen LogP contribution in [-0.2, 0) is 25.1 Å². The van der Waals surface area contributed by atoms with Gasteiger partial charge in [0.15, 0.2) is 15.5 Å². The Kier molecular flexibility index (Phi) is 7.53. The van der Waals surface area contributed by atoms with Gasteiger partial charge in [-0.05, 0) is 39.3 Å². The van der Waals surface area contributed by atoms with Gasteiger partial charge in [0.05, 0.1) is 47.8 Å². The highest BCUT2D eigenvalue weighted by Crippen LogP contribution is 2.42. The first-order chi connectivity index (χ1) is 18.8. The number of carbonyl (C=O) groups is 1. The van der Waals surface area contributed by atoms with Crippen molar-refractivity contribution in [3.8, 4) is 11.3 Å². The minimum Gasteiger partial charge on any atom is -0.378 e. The molecule has 0 aliphatic carbocycles. The van der Waals surface area contributed by atoms with Crippen molar-refractivity contribution in [2.75, 3.05) is 65.6 Å². The molecule has 1 amide bonds. The molecule has 0 bridgehead atoms. The third kappa shape index (κ3) is 5.39. The first-order valence-corrected chi connectivity index (χ1v) is 15.9. The molecule has 1 unspecified atom stereocenters. The molecule has 4 aliphatic heterocycles. The van der Waals surface area contributed by atoms with E-state index in [0.717, 1.165) is 57.8 Å². The second kappa shape index (κ2) is 10.9. The second-order valence-corrected chi connectivity index (χ2v) is 13.4. The summed E-state index contributed by atoms with van der Waals surface area (Å²) in [7, 11) is -3.58. The first-order valence-electron chi connectivity index (χ1n) is 14.2. The number of hydrogen-bond acceptors (Lipinski definition) is 8. The number of amides is 1. The van der Waals surface area contributed by atoms with Crippen molar-refractivity contribution >= 4 is 15.7 Å². The molecule has 10 nitrogen and oxygen atoms in total. The van der Waals surface area contributed by atoms with Gasteiger partial charge in [-0.2, -0.15) is 5.10 Å². The zero-order valence-corrected chi connectivity index (χ0v) is 23.7. The van der Waals surface area contributed by atoms with Crippen molar-refractivity contribution in [2.24, 2.45) is 0 Å². The van der Waals surface area contributed by atoms with Crippen molar-refractivity contribution in [1.82, 2.24) is 24.5 Å². The van der Waals surface area contributed by atoms with Crippen LogP contribution >= 0.6 is 0 Å². The molecule has 1 aromatic carbocycles. The number of aromatic nitrogens is 2. The Labute approximate surface area is 230 Å². The van der Waals surface area contributed by atoms with Crippen LogP contribution in [0.25, 0.3) is 11.3 Å². The van der Waals surface area contributed by atoms with E-state index in [9.17, 15) is 13.2 Å². The van der Waals surface area contributed by atoms with Gasteiger partial charge in [0.2, 0.25) is 0 Å². The standard InChI is InChI=1S/C28H39N5O5S/c1-20-16-31(17-21(2)38-20)11-10-30-9-5-6-22(18-30)33-27-23-7-3-4-8-25(23)39(35,36)19-24(27)26(29-33)28(34)32-12-14-37-15-13-32/h3-4,7-8,20-22H,5-6,9-19H2,1-2H3/t20-,21+,22?. The molecule has 0 N–H and O–H groups in total. The van der Waals surface area contributed by atoms with Crippen LogP contribution in [-0.4, -0.2) is 117 Å². The highest BCUT2D eigenvalue weighted by Gasteiger charge is 2.39. The highest BCUT2D eigenvalue weighted by atomic mass is 32.2. The number of hydrogen-bond donors (Lipinski definition) is 0. The lowest BCUT2D eigenvalue weighted by molar-refractivity contribution is -0.0698. The SMILES string of the molecule is C[C@@H]1CN(CCN2CCCC(n3nc(C(=O)N4CCOCC4)c4c3-c3ccccc3S(=O)(=O)C4)C2)C[C@H](C)O1. The topological polar surface area (TPSA) is 97.2 Å². The lowest BCUT2D eigenvalue weighted by Gasteiger charge is -2.38. The smallest absolute Gasteiger partial charge is 0.274 e. The number of morpholine rings is 2. The van der Waals surface area contributed by atoms with Crippen LogP contribution in [0.2, 0.25) is 0 Å². The number of carbonyl (C=O) groups excluding carboxylic acids is 1. The van der Waals surface area contributed by atoms with Crippen molar-refractivity contribution in [3.63, 3.8) is 0 Å². The number of piperidine rings is 1. The third-order valence-electron chi connectivity index (χ3n) is 8.38. The van der Waals surface area contributed by atoms with Crippen LogP contribution in [0.4, 0.5) is 0 Å². The van der Waals surface area contributed by atoms with Crippen molar-refractivity contribution < 1.29 is 22.7 Å². The predicted molar refractivity (Wildman–Crippen MR) is 146 cm³/mol. The molecule has 0 spiro atoms. The summed E-state index contributed by atoms with van der Waals surface area (Å²) in [4.78, 5) is 20.7. The fourth-order valence-corrected chi connectivity index (χ4v) is 8.22. The van der Waals surface area contributed by atoms with Crippen LogP contribution in [0, 0.1) is 0 Å². The predicted octanol–water partition coefficient (Wildman–Crippen LogP) is 2.06. The third-order valence-corrected chi connectivity index (χ3v) is 10.1. The van der Waals surface area contributed by atoms with E-state index >= 15 is 0 Å². The van der Waals surface area contributed by atoms with Crippen LogP contribution in [0.15, 0.2) is 29.2 Å². The molecule has 0 saturated carbocycles. The van der Waals surface area contributed by atoms with E-state index in [-0.39, 0.29) is 35.6 Å². The molecule has 3 atom stereocenters. The lowest BCUT2D eigenvalue weighted by Crippen LogP contribution is -2.49. The highest BCUT2D eigenvalue weighted by molar-refractivity contribution is 7.90. The molecule has 6 rings (SSSR count). The van der Waals surface area contributed by atoms with E-state index < -0.39 is 9.84 Å². The zero-order chi connectivity index (χ0) is 27.1. The summed E-state index contributed by atoms with van der Waals surface area (Å²) in [6.07, 6.45) is 2.47. The average molecular weight is 558 g/mol. The minimum absolute atomic E-state index is 0.0649. The fraction of sp³-hybridized carbons (Fsp3) is 0.643. The monoisotopic (exact) mass is 557 g/mol. The first kappa shape index (κ1) is 26.9. The summed E-state index contributed by atoms with van der Waals surface area (Å²) in [5.41, 5.74) is 2.26. The minimum atomic E-state index is -3.58. The van der Waals surface area contributed by atoms with Gasteiger partial charge < -0.3 is 14.4 Å². The molecule has 3 fully saturated rings. The summed E-state index contributed by atoms with van der Waals surface area (Å²) >= 11 is 0. The van der Waals surface area contributed by atoms with Gasteiger partial charge in [0.1, 0.15) is 0 Å². The van der Waals surface area contributed by atoms with E-state index in [2.05, 4.69) is 23.6 Å². The van der Waals surface area contributed by atoms with Crippen LogP contribution in [0.5, 0.6) is 0 Å². The van der Waals surface area contributed by atoms with E-state index in [1.807, 2.05) is 16.8 Å². The molecule has 2 aromatic rings. The molecular weight excluding hydrogens is 518 g/mol. The van der Waals surface area contributed by atoms with Crippen LogP contribution in [0.1, 0.15) is 48.8 Å². The van der Waals surface area contributed by atoms with Gasteiger partial charge in [0, 0.05) is 56.9 Å². The summed E-state index contributed by atoms with van der Waals surface area (Å²) in [6, 6.07) is 7.22. The Hall–Kier alpha value is -2.31. The van der Waals surface area contributed by atoms with Gasteiger partial charge in [-0.25, -0.2) is 8.42 Å². The van der Waals surface area contributed by atoms with E-state index in [0.29, 0.717) is 42.3 Å². The van der Waals surface area contributed by atoms with E-state index in [4.69, 9.17) is 14.6 Å². The zero-order valence-electron chi connectivity index (χ0n) is 22.9. The average Bonchev–Trinajstić information content (AvgIpc) is 3.30.